The van der Waals surface area contributed by atoms with Crippen molar-refractivity contribution in [2.45, 2.75) is 6.18 Å². The van der Waals surface area contributed by atoms with Crippen LogP contribution in [-0.4, -0.2) is 14.6 Å². The van der Waals surface area contributed by atoms with Crippen LogP contribution >= 0.6 is 11.6 Å². The average molecular weight is 390 g/mol. The molecule has 8 heteroatoms. The minimum absolute atomic E-state index is 0.0222. The first kappa shape index (κ1) is 17.4. The number of hydrogen-bond acceptors (Lipinski definition) is 2. The Morgan fingerprint density at radius 2 is 1.63 bits per heavy atom. The fourth-order valence-corrected chi connectivity index (χ4v) is 3.01. The summed E-state index contributed by atoms with van der Waals surface area (Å²) in [6.07, 6.45) is -4.68. The van der Waals surface area contributed by atoms with Crippen LogP contribution in [0.1, 0.15) is 5.69 Å². The largest absolute Gasteiger partial charge is 0.431 e. The normalized spacial score (nSPS) is 11.9. The minimum Gasteiger partial charge on any atom is -0.335 e. The molecule has 2 aromatic carbocycles. The van der Waals surface area contributed by atoms with Crippen LogP contribution in [0.25, 0.3) is 28.0 Å². The lowest BCUT2D eigenvalue weighted by Crippen LogP contribution is -2.20. The number of fused-ring (bicyclic) bond motifs is 1. The van der Waals surface area contributed by atoms with E-state index in [9.17, 15) is 18.0 Å². The first-order valence-electron chi connectivity index (χ1n) is 7.89. The van der Waals surface area contributed by atoms with Crippen LogP contribution in [0.15, 0.2) is 65.5 Å². The van der Waals surface area contributed by atoms with E-state index in [1.165, 1.54) is 0 Å². The second-order valence-electron chi connectivity index (χ2n) is 5.88. The van der Waals surface area contributed by atoms with Gasteiger partial charge < -0.3 is 4.98 Å². The summed E-state index contributed by atoms with van der Waals surface area (Å²) in [7, 11) is 0. The van der Waals surface area contributed by atoms with Crippen molar-refractivity contribution in [3.8, 4) is 22.4 Å². The molecule has 0 spiro atoms. The van der Waals surface area contributed by atoms with Gasteiger partial charge in [-0.05, 0) is 17.7 Å². The zero-order valence-corrected chi connectivity index (χ0v) is 14.3. The first-order chi connectivity index (χ1) is 12.8. The molecule has 4 nitrogen and oxygen atoms in total. The molecule has 0 aliphatic rings. The van der Waals surface area contributed by atoms with Gasteiger partial charge in [-0.2, -0.15) is 22.8 Å². The maximum absolute atomic E-state index is 13.2. The fraction of sp³-hybridized carbons (Fsp3) is 0.0526. The lowest BCUT2D eigenvalue weighted by Gasteiger charge is -2.08. The lowest BCUT2D eigenvalue weighted by molar-refractivity contribution is -0.141. The van der Waals surface area contributed by atoms with Gasteiger partial charge in [0, 0.05) is 16.7 Å². The fourth-order valence-electron chi connectivity index (χ4n) is 2.88. The zero-order chi connectivity index (χ0) is 19.2. The number of halogens is 4. The monoisotopic (exact) mass is 389 g/mol. The molecule has 27 heavy (non-hydrogen) atoms. The highest BCUT2D eigenvalue weighted by Crippen LogP contribution is 2.35. The van der Waals surface area contributed by atoms with Gasteiger partial charge in [-0.1, -0.05) is 54.1 Å². The number of H-pyrrole nitrogens is 1. The van der Waals surface area contributed by atoms with Crippen molar-refractivity contribution in [1.29, 1.82) is 0 Å². The average Bonchev–Trinajstić information content (AvgIpc) is 3.02. The summed E-state index contributed by atoms with van der Waals surface area (Å²) >= 11 is 5.92. The van der Waals surface area contributed by atoms with E-state index in [1.54, 1.807) is 54.6 Å². The molecule has 0 bridgehead atoms. The highest BCUT2D eigenvalue weighted by atomic mass is 35.5. The van der Waals surface area contributed by atoms with Crippen molar-refractivity contribution in [2.75, 3.05) is 0 Å². The van der Waals surface area contributed by atoms with Crippen LogP contribution in [0.5, 0.6) is 0 Å². The van der Waals surface area contributed by atoms with E-state index in [1.807, 2.05) is 0 Å². The highest BCUT2D eigenvalue weighted by molar-refractivity contribution is 6.30. The van der Waals surface area contributed by atoms with Crippen LogP contribution < -0.4 is 5.56 Å². The van der Waals surface area contributed by atoms with Crippen molar-refractivity contribution >= 4 is 17.2 Å². The Morgan fingerprint density at radius 3 is 2.26 bits per heavy atom. The standard InChI is InChI=1S/C19H11ClF3N3O/c20-13-8-6-12(7-9-13)17-16(11-4-2-1-3-5-11)18-24-14(19(21,22)23)10-15(27)26(18)25-17/h1-10,24H. The topological polar surface area (TPSA) is 50.2 Å². The van der Waals surface area contributed by atoms with Gasteiger partial charge in [0.05, 0.1) is 5.56 Å². The third-order valence-electron chi connectivity index (χ3n) is 4.10. The molecule has 2 aromatic heterocycles. The molecule has 0 amide bonds. The Kier molecular flexibility index (Phi) is 4.04. The van der Waals surface area contributed by atoms with Crippen molar-refractivity contribution in [3.63, 3.8) is 0 Å². The molecule has 0 radical (unpaired) electrons. The molecule has 1 N–H and O–H groups in total. The van der Waals surface area contributed by atoms with E-state index in [4.69, 9.17) is 11.6 Å². The van der Waals surface area contributed by atoms with Crippen molar-refractivity contribution in [1.82, 2.24) is 14.6 Å². The summed E-state index contributed by atoms with van der Waals surface area (Å²) in [6.45, 7) is 0. The van der Waals surface area contributed by atoms with Crippen LogP contribution in [0.4, 0.5) is 13.2 Å². The summed E-state index contributed by atoms with van der Waals surface area (Å²) in [5, 5.41) is 4.79. The SMILES string of the molecule is O=c1cc(C(F)(F)F)[nH]c2c(-c3ccccc3)c(-c3ccc(Cl)cc3)nn12. The Balaban J connectivity index is 2.10. The van der Waals surface area contributed by atoms with Gasteiger partial charge in [-0.3, -0.25) is 4.79 Å². The van der Waals surface area contributed by atoms with Crippen molar-refractivity contribution < 1.29 is 13.2 Å². The smallest absolute Gasteiger partial charge is 0.335 e. The Bertz CT molecular complexity index is 1180. The van der Waals surface area contributed by atoms with Crippen molar-refractivity contribution in [2.24, 2.45) is 0 Å². The predicted octanol–water partition coefficient (Wildman–Crippen LogP) is 5.03. The third-order valence-corrected chi connectivity index (χ3v) is 4.35. The summed E-state index contributed by atoms with van der Waals surface area (Å²) < 4.78 is 40.5. The van der Waals surface area contributed by atoms with Crippen LogP contribution in [-0.2, 0) is 6.18 Å². The summed E-state index contributed by atoms with van der Waals surface area (Å²) in [5.41, 5.74) is 0.0292. The Hall–Kier alpha value is -3.06. The van der Waals surface area contributed by atoms with Crippen LogP contribution in [0, 0.1) is 0 Å². The molecule has 0 aliphatic carbocycles. The molecule has 0 saturated carbocycles. The summed E-state index contributed by atoms with van der Waals surface area (Å²) in [4.78, 5) is 14.6. The Morgan fingerprint density at radius 1 is 0.963 bits per heavy atom. The first-order valence-corrected chi connectivity index (χ1v) is 8.27. The minimum atomic E-state index is -4.68. The van der Waals surface area contributed by atoms with Crippen LogP contribution in [0.2, 0.25) is 5.02 Å². The molecule has 0 atom stereocenters. The molecule has 4 aromatic rings. The summed E-state index contributed by atoms with van der Waals surface area (Å²) in [6, 6.07) is 16.0. The lowest BCUT2D eigenvalue weighted by atomic mass is 10.0. The third kappa shape index (κ3) is 3.10. The van der Waals surface area contributed by atoms with E-state index in [2.05, 4.69) is 10.1 Å². The van der Waals surface area contributed by atoms with Crippen LogP contribution in [0.3, 0.4) is 0 Å². The van der Waals surface area contributed by atoms with E-state index >= 15 is 0 Å². The molecule has 0 fully saturated rings. The number of aromatic amines is 1. The number of nitrogens with one attached hydrogen (secondary N) is 1. The van der Waals surface area contributed by atoms with E-state index in [0.29, 0.717) is 33.5 Å². The molecule has 4 rings (SSSR count). The molecule has 136 valence electrons. The number of aromatic nitrogens is 3. The Labute approximate surface area is 155 Å². The molecule has 0 saturated heterocycles. The maximum atomic E-state index is 13.2. The molecule has 0 unspecified atom stereocenters. The molecular formula is C19H11ClF3N3O. The second-order valence-corrected chi connectivity index (χ2v) is 6.31. The van der Waals surface area contributed by atoms with E-state index in [-0.39, 0.29) is 5.65 Å². The van der Waals surface area contributed by atoms with Gasteiger partial charge >= 0.3 is 6.18 Å². The number of alkyl halides is 3. The summed E-state index contributed by atoms with van der Waals surface area (Å²) in [5.74, 6) is 0. The van der Waals surface area contributed by atoms with E-state index in [0.717, 1.165) is 4.52 Å². The van der Waals surface area contributed by atoms with Gasteiger partial charge in [0.2, 0.25) is 0 Å². The van der Waals surface area contributed by atoms with Gasteiger partial charge in [0.1, 0.15) is 17.0 Å². The molecular weight excluding hydrogens is 379 g/mol. The number of hydrogen-bond donors (Lipinski definition) is 1. The van der Waals surface area contributed by atoms with Gasteiger partial charge in [-0.25, -0.2) is 0 Å². The second kappa shape index (κ2) is 6.28. The van der Waals surface area contributed by atoms with Gasteiger partial charge in [0.15, 0.2) is 0 Å². The van der Waals surface area contributed by atoms with Gasteiger partial charge in [-0.15, -0.1) is 0 Å². The maximum Gasteiger partial charge on any atom is 0.431 e. The zero-order valence-electron chi connectivity index (χ0n) is 13.6. The van der Waals surface area contributed by atoms with Crippen molar-refractivity contribution in [3.05, 3.63) is 81.7 Å². The van der Waals surface area contributed by atoms with Gasteiger partial charge in [0.25, 0.3) is 5.56 Å². The number of rotatable bonds is 2. The quantitative estimate of drug-likeness (QED) is 0.523. The predicted molar refractivity (Wildman–Crippen MR) is 96.7 cm³/mol. The number of benzene rings is 2. The molecule has 2 heterocycles. The molecule has 0 aliphatic heterocycles. The van der Waals surface area contributed by atoms with E-state index < -0.39 is 17.4 Å². The highest BCUT2D eigenvalue weighted by Gasteiger charge is 2.33. The number of nitrogens with zero attached hydrogens (tertiary/aromatic N) is 2.